The molecule has 64 heavy (non-hydrogen) atoms. The summed E-state index contributed by atoms with van der Waals surface area (Å²) < 4.78 is 11.9. The Morgan fingerprint density at radius 1 is 0.969 bits per heavy atom. The lowest BCUT2D eigenvalue weighted by Crippen LogP contribution is -2.53. The maximum Gasteiger partial charge on any atom is 0.326 e. The summed E-state index contributed by atoms with van der Waals surface area (Å²) in [6.07, 6.45) is -0.867. The fraction of sp³-hybridized carbons (Fsp3) is 0.391. The molecule has 0 radical (unpaired) electrons. The quantitative estimate of drug-likeness (QED) is 0.0822. The van der Waals surface area contributed by atoms with E-state index in [1.165, 1.54) is 26.1 Å². The summed E-state index contributed by atoms with van der Waals surface area (Å²) in [7, 11) is 1.31. The number of hydrogen-bond donors (Lipinski definition) is 9. The number of phenolic OH excluding ortho intramolecular Hbond substituents is 1. The molecule has 1 aliphatic heterocycles. The van der Waals surface area contributed by atoms with Crippen LogP contribution in [0.1, 0.15) is 72.8 Å². The Morgan fingerprint density at radius 3 is 2.30 bits per heavy atom. The van der Waals surface area contributed by atoms with Crippen molar-refractivity contribution in [3.05, 3.63) is 88.5 Å². The summed E-state index contributed by atoms with van der Waals surface area (Å²) in [5, 5.41) is 39.8. The lowest BCUT2D eigenvalue weighted by atomic mass is 9.86. The number of rotatable bonds is 14. The second-order valence-corrected chi connectivity index (χ2v) is 16.8. The number of hydrogen-bond acceptors (Lipinski definition) is 13. The van der Waals surface area contributed by atoms with E-state index < -0.39 is 66.1 Å². The number of nitrogen functional groups attached to an aromatic ring is 1. The Kier molecular flexibility index (Phi) is 15.5. The Morgan fingerprint density at radius 2 is 1.67 bits per heavy atom. The molecule has 1 aliphatic rings. The zero-order valence-corrected chi connectivity index (χ0v) is 36.9. The molecular weight excluding hydrogens is 825 g/mol. The molecule has 0 saturated carbocycles. The summed E-state index contributed by atoms with van der Waals surface area (Å²) in [4.78, 5) is 73.5. The molecule has 1 aromatic heterocycles. The molecule has 5 rings (SSSR count). The Hall–Kier alpha value is -6.76. The van der Waals surface area contributed by atoms with Crippen molar-refractivity contribution in [1.82, 2.24) is 25.8 Å². The molecule has 4 bridgehead atoms. The second kappa shape index (κ2) is 20.6. The number of nitrogens with two attached hydrogens (primary N) is 3. The Labute approximate surface area is 371 Å². The summed E-state index contributed by atoms with van der Waals surface area (Å²) in [6, 6.07) is 12.8. The number of aryl methyl sites for hydroxylation is 1. The summed E-state index contributed by atoms with van der Waals surface area (Å²) in [5.41, 5.74) is 21.5. The highest BCUT2D eigenvalue weighted by atomic mass is 16.5. The van der Waals surface area contributed by atoms with Crippen LogP contribution in [0.15, 0.2) is 60.7 Å². The van der Waals surface area contributed by atoms with Gasteiger partial charge in [-0.2, -0.15) is 0 Å². The summed E-state index contributed by atoms with van der Waals surface area (Å²) >= 11 is 0. The molecule has 12 N–H and O–H groups in total. The van der Waals surface area contributed by atoms with Gasteiger partial charge in [0.15, 0.2) is 11.5 Å². The van der Waals surface area contributed by atoms with Gasteiger partial charge >= 0.3 is 5.97 Å². The number of likely N-dealkylation sites (N-methyl/N-ethyl adjacent to an activating group) is 1. The van der Waals surface area contributed by atoms with E-state index in [0.717, 1.165) is 16.0 Å². The minimum absolute atomic E-state index is 0.0529. The van der Waals surface area contributed by atoms with Crippen LogP contribution in [0.4, 0.5) is 5.82 Å². The molecule has 342 valence electrons. The third-order valence-corrected chi connectivity index (χ3v) is 10.8. The summed E-state index contributed by atoms with van der Waals surface area (Å²) in [5.74, 6) is -4.97. The standard InChI is InChI=1S/C46H58N8O10/c1-24-16-33(27-9-11-29(12-10-27)46(3,4)5)52-41(49)38(24)43(59)50-22-37(56)54(6)39-28-19-32(40(57)36(20-28)64-23-30(55)21-48)31-17-26(8-13-35(31)63-15-7-14-47)18-34(45(61)62)53-42(58)25(2)51-44(39)60/h8-13,16-17,19-20,25,30,34,39,55,57H,7,14-15,18,21-23,47-48H2,1-6H3,(H2,49,52)(H,50,59)(H,51,60)(H,53,58)(H,61,62)/t25-,30+,34-,39-/m0/s1. The predicted molar refractivity (Wildman–Crippen MR) is 240 cm³/mol. The van der Waals surface area contributed by atoms with Gasteiger partial charge in [0.05, 0.1) is 24.4 Å². The van der Waals surface area contributed by atoms with Gasteiger partial charge < -0.3 is 62.8 Å². The van der Waals surface area contributed by atoms with Crippen molar-refractivity contribution in [2.75, 3.05) is 45.6 Å². The maximum atomic E-state index is 14.4. The Balaban J connectivity index is 1.55. The smallest absolute Gasteiger partial charge is 0.326 e. The highest BCUT2D eigenvalue weighted by molar-refractivity contribution is 6.02. The number of aromatic nitrogens is 1. The largest absolute Gasteiger partial charge is 0.504 e. The number of carboxylic acid groups (broad SMARTS) is 1. The van der Waals surface area contributed by atoms with Crippen LogP contribution in [0.5, 0.6) is 17.2 Å². The van der Waals surface area contributed by atoms with Gasteiger partial charge in [0.1, 0.15) is 42.4 Å². The van der Waals surface area contributed by atoms with E-state index in [1.54, 1.807) is 31.2 Å². The number of phenols is 1. The van der Waals surface area contributed by atoms with E-state index in [-0.39, 0.29) is 71.2 Å². The first-order valence-electron chi connectivity index (χ1n) is 20.8. The molecule has 0 spiro atoms. The van der Waals surface area contributed by atoms with Crippen molar-refractivity contribution in [3.63, 3.8) is 0 Å². The van der Waals surface area contributed by atoms with Gasteiger partial charge in [-0.1, -0.05) is 51.1 Å². The van der Waals surface area contributed by atoms with Crippen molar-refractivity contribution >= 4 is 35.4 Å². The van der Waals surface area contributed by atoms with Crippen molar-refractivity contribution in [1.29, 1.82) is 0 Å². The minimum atomic E-state index is -1.57. The van der Waals surface area contributed by atoms with Gasteiger partial charge in [-0.3, -0.25) is 19.2 Å². The number of benzene rings is 3. The van der Waals surface area contributed by atoms with Crippen LogP contribution in [0, 0.1) is 6.92 Å². The minimum Gasteiger partial charge on any atom is -0.504 e. The first kappa shape index (κ1) is 48.3. The molecule has 2 heterocycles. The van der Waals surface area contributed by atoms with Crippen LogP contribution in [0.2, 0.25) is 0 Å². The highest BCUT2D eigenvalue weighted by Gasteiger charge is 2.34. The Bertz CT molecular complexity index is 2360. The van der Waals surface area contributed by atoms with E-state index in [9.17, 15) is 39.3 Å². The lowest BCUT2D eigenvalue weighted by molar-refractivity contribution is -0.142. The van der Waals surface area contributed by atoms with Gasteiger partial charge in [0.2, 0.25) is 17.7 Å². The van der Waals surface area contributed by atoms with E-state index in [1.807, 2.05) is 24.3 Å². The van der Waals surface area contributed by atoms with Crippen molar-refractivity contribution in [2.45, 2.75) is 77.1 Å². The molecule has 0 saturated heterocycles. The predicted octanol–water partition coefficient (Wildman–Crippen LogP) is 2.30. The van der Waals surface area contributed by atoms with Crippen molar-refractivity contribution in [3.8, 4) is 39.6 Å². The van der Waals surface area contributed by atoms with Crippen molar-refractivity contribution in [2.24, 2.45) is 11.5 Å². The zero-order valence-electron chi connectivity index (χ0n) is 36.9. The van der Waals surface area contributed by atoms with Gasteiger partial charge in [-0.15, -0.1) is 0 Å². The third kappa shape index (κ3) is 11.4. The molecule has 0 aliphatic carbocycles. The fourth-order valence-corrected chi connectivity index (χ4v) is 7.10. The molecule has 18 nitrogen and oxygen atoms in total. The van der Waals surface area contributed by atoms with Gasteiger partial charge in [-0.05, 0) is 84.8 Å². The van der Waals surface area contributed by atoms with Crippen LogP contribution in [0.25, 0.3) is 22.4 Å². The topological polar surface area (TPSA) is 295 Å². The zero-order chi connectivity index (χ0) is 47.0. The molecule has 4 atom stereocenters. The average Bonchev–Trinajstić information content (AvgIpc) is 3.24. The molecule has 0 unspecified atom stereocenters. The average molecular weight is 883 g/mol. The van der Waals surface area contributed by atoms with E-state index >= 15 is 0 Å². The molecule has 4 amide bonds. The number of ether oxygens (including phenoxy) is 2. The number of aromatic hydroxyl groups is 1. The van der Waals surface area contributed by atoms with Crippen molar-refractivity contribution < 1.29 is 48.8 Å². The number of nitrogens with zero attached hydrogens (tertiary/aromatic N) is 2. The molecule has 3 aromatic carbocycles. The van der Waals surface area contributed by atoms with E-state index in [0.29, 0.717) is 29.8 Å². The molecule has 18 heteroatoms. The number of carbonyl (C=O) groups excluding carboxylic acids is 4. The number of carboxylic acids is 1. The number of fused-ring (bicyclic) bond motifs is 5. The second-order valence-electron chi connectivity index (χ2n) is 16.8. The number of pyridine rings is 1. The van der Waals surface area contributed by atoms with Gasteiger partial charge in [0.25, 0.3) is 5.91 Å². The number of anilines is 1. The lowest BCUT2D eigenvalue weighted by Gasteiger charge is -2.30. The number of aliphatic hydroxyl groups is 1. The number of nitrogens with one attached hydrogen (secondary N) is 3. The van der Waals surface area contributed by atoms with Gasteiger partial charge in [0, 0.05) is 36.7 Å². The number of carbonyl (C=O) groups is 5. The number of aliphatic hydroxyl groups excluding tert-OH is 1. The summed E-state index contributed by atoms with van der Waals surface area (Å²) in [6.45, 7) is 8.69. The van der Waals surface area contributed by atoms with Crippen LogP contribution < -0.4 is 42.6 Å². The molecular formula is C46H58N8O10. The van der Waals surface area contributed by atoms with Crippen LogP contribution >= 0.6 is 0 Å². The van der Waals surface area contributed by atoms with E-state index in [2.05, 4.69) is 41.7 Å². The van der Waals surface area contributed by atoms with Gasteiger partial charge in [-0.25, -0.2) is 9.78 Å². The van der Waals surface area contributed by atoms with Crippen LogP contribution in [-0.2, 0) is 31.0 Å². The van der Waals surface area contributed by atoms with E-state index in [4.69, 9.17) is 26.7 Å². The van der Waals surface area contributed by atoms with Crippen LogP contribution in [0.3, 0.4) is 0 Å². The fourth-order valence-electron chi connectivity index (χ4n) is 7.10. The number of aliphatic carboxylic acids is 1. The van der Waals surface area contributed by atoms with Crippen LogP contribution in [-0.4, -0.2) is 113 Å². The molecule has 0 fully saturated rings. The monoisotopic (exact) mass is 882 g/mol. The SMILES string of the molecule is Cc1cc(-c2ccc(C(C)(C)C)cc2)nc(N)c1C(=O)NCC(=O)N(C)[C@@H]1C(=O)N[C@@H](C)C(=O)N[C@H](C(=O)O)Cc2ccc(OCCCN)c(c2)-c2cc1cc(OC[C@H](O)CN)c2O. The molecule has 4 aromatic rings. The normalized spacial score (nSPS) is 17.0. The highest BCUT2D eigenvalue weighted by Crippen LogP contribution is 2.45. The maximum absolute atomic E-state index is 14.4. The number of amides is 4. The third-order valence-electron chi connectivity index (χ3n) is 10.8. The first-order chi connectivity index (χ1) is 30.2. The first-order valence-corrected chi connectivity index (χ1v) is 20.8.